The summed E-state index contributed by atoms with van der Waals surface area (Å²) in [7, 11) is 0. The molecule has 16 heavy (non-hydrogen) atoms. The lowest BCUT2D eigenvalue weighted by atomic mass is 10.00. The second-order valence-electron chi connectivity index (χ2n) is 4.73. The fraction of sp³-hybridized carbons (Fsp3) is 0.615. The van der Waals surface area contributed by atoms with Crippen LogP contribution in [0, 0.1) is 6.92 Å². The van der Waals surface area contributed by atoms with E-state index < -0.39 is 0 Å². The van der Waals surface area contributed by atoms with Crippen LogP contribution in [-0.4, -0.2) is 23.2 Å². The molecule has 0 radical (unpaired) electrons. The molecule has 0 aliphatic carbocycles. The van der Waals surface area contributed by atoms with Gasteiger partial charge >= 0.3 is 0 Å². The first-order valence-corrected chi connectivity index (χ1v) is 5.99. The van der Waals surface area contributed by atoms with Gasteiger partial charge in [-0.05, 0) is 45.7 Å². The van der Waals surface area contributed by atoms with Gasteiger partial charge in [-0.2, -0.15) is 0 Å². The normalized spacial score (nSPS) is 30.1. The van der Waals surface area contributed by atoms with Crippen LogP contribution in [0.3, 0.4) is 0 Å². The van der Waals surface area contributed by atoms with Crippen molar-refractivity contribution in [2.75, 3.05) is 5.32 Å². The smallest absolute Gasteiger partial charge is 0.126 e. The highest BCUT2D eigenvalue weighted by molar-refractivity contribution is 5.36. The number of rotatable bonds is 2. The van der Waals surface area contributed by atoms with Crippen LogP contribution in [-0.2, 0) is 4.74 Å². The number of hydrogen-bond acceptors (Lipinski definition) is 3. The molecule has 2 heterocycles. The molecule has 2 unspecified atom stereocenters. The van der Waals surface area contributed by atoms with Gasteiger partial charge in [-0.3, -0.25) is 0 Å². The Balaban J connectivity index is 1.98. The van der Waals surface area contributed by atoms with Gasteiger partial charge in [-0.1, -0.05) is 6.07 Å². The zero-order valence-electron chi connectivity index (χ0n) is 10.2. The summed E-state index contributed by atoms with van der Waals surface area (Å²) in [5.41, 5.74) is 1.05. The number of nitrogens with zero attached hydrogens (tertiary/aromatic N) is 1. The van der Waals surface area contributed by atoms with Gasteiger partial charge in [0.25, 0.3) is 0 Å². The number of aromatic nitrogens is 1. The predicted molar refractivity (Wildman–Crippen MR) is 65.6 cm³/mol. The van der Waals surface area contributed by atoms with Gasteiger partial charge in [-0.25, -0.2) is 4.98 Å². The lowest BCUT2D eigenvalue weighted by molar-refractivity contribution is -0.0338. The molecule has 1 N–H and O–H groups in total. The topological polar surface area (TPSA) is 34.1 Å². The average Bonchev–Trinajstić information content (AvgIpc) is 2.15. The lowest BCUT2D eigenvalue weighted by Crippen LogP contribution is -2.37. The first-order valence-electron chi connectivity index (χ1n) is 5.99. The first-order chi connectivity index (χ1) is 7.63. The van der Waals surface area contributed by atoms with Gasteiger partial charge in [0.1, 0.15) is 5.82 Å². The molecule has 1 aromatic heterocycles. The summed E-state index contributed by atoms with van der Waals surface area (Å²) in [4.78, 5) is 4.47. The van der Waals surface area contributed by atoms with Crippen molar-refractivity contribution >= 4 is 5.82 Å². The molecule has 0 spiro atoms. The van der Waals surface area contributed by atoms with Crippen molar-refractivity contribution in [3.8, 4) is 0 Å². The monoisotopic (exact) mass is 220 g/mol. The fourth-order valence-corrected chi connectivity index (χ4v) is 2.36. The molecule has 0 saturated carbocycles. The minimum Gasteiger partial charge on any atom is -0.375 e. The van der Waals surface area contributed by atoms with Crippen LogP contribution < -0.4 is 5.32 Å². The predicted octanol–water partition coefficient (Wildman–Crippen LogP) is 2.76. The van der Waals surface area contributed by atoms with Crippen LogP contribution in [0.25, 0.3) is 0 Å². The van der Waals surface area contributed by atoms with E-state index in [1.807, 2.05) is 25.1 Å². The Morgan fingerprint density at radius 1 is 1.25 bits per heavy atom. The van der Waals surface area contributed by atoms with Crippen molar-refractivity contribution in [2.24, 2.45) is 0 Å². The number of pyridine rings is 1. The Bertz CT molecular complexity index is 344. The van der Waals surface area contributed by atoms with Gasteiger partial charge in [0.05, 0.1) is 12.2 Å². The van der Waals surface area contributed by atoms with Crippen molar-refractivity contribution in [1.29, 1.82) is 0 Å². The second kappa shape index (κ2) is 4.83. The quantitative estimate of drug-likeness (QED) is 0.832. The van der Waals surface area contributed by atoms with E-state index in [0.29, 0.717) is 18.2 Å². The number of nitrogens with one attached hydrogen (secondary N) is 1. The maximum absolute atomic E-state index is 5.72. The molecule has 1 saturated heterocycles. The summed E-state index contributed by atoms with van der Waals surface area (Å²) >= 11 is 0. The Morgan fingerprint density at radius 2 is 1.94 bits per heavy atom. The van der Waals surface area contributed by atoms with Crippen LogP contribution in [0.2, 0.25) is 0 Å². The largest absolute Gasteiger partial charge is 0.375 e. The van der Waals surface area contributed by atoms with E-state index >= 15 is 0 Å². The molecule has 1 aliphatic rings. The second-order valence-corrected chi connectivity index (χ2v) is 4.73. The minimum atomic E-state index is 0.339. The molecule has 3 nitrogen and oxygen atoms in total. The highest BCUT2D eigenvalue weighted by Crippen LogP contribution is 2.21. The van der Waals surface area contributed by atoms with E-state index in [1.54, 1.807) is 0 Å². The number of ether oxygens (including phenoxy) is 1. The van der Waals surface area contributed by atoms with Gasteiger partial charge in [-0.15, -0.1) is 0 Å². The molecule has 0 amide bonds. The van der Waals surface area contributed by atoms with Crippen LogP contribution >= 0.6 is 0 Å². The maximum atomic E-state index is 5.72. The average molecular weight is 220 g/mol. The molecule has 0 aromatic carbocycles. The molecule has 88 valence electrons. The molecular weight excluding hydrogens is 200 g/mol. The molecule has 1 fully saturated rings. The van der Waals surface area contributed by atoms with Crippen molar-refractivity contribution < 1.29 is 4.74 Å². The van der Waals surface area contributed by atoms with Crippen molar-refractivity contribution in [3.05, 3.63) is 23.9 Å². The van der Waals surface area contributed by atoms with E-state index in [1.165, 1.54) is 0 Å². The van der Waals surface area contributed by atoms with Gasteiger partial charge in [0, 0.05) is 11.7 Å². The van der Waals surface area contributed by atoms with E-state index in [2.05, 4.69) is 24.1 Å². The summed E-state index contributed by atoms with van der Waals surface area (Å²) in [6.07, 6.45) is 2.79. The number of hydrogen-bond donors (Lipinski definition) is 1. The Labute approximate surface area is 97.2 Å². The maximum Gasteiger partial charge on any atom is 0.126 e. The highest BCUT2D eigenvalue weighted by Gasteiger charge is 2.24. The van der Waals surface area contributed by atoms with Crippen LogP contribution in [0.5, 0.6) is 0 Å². The van der Waals surface area contributed by atoms with Gasteiger partial charge in [0.2, 0.25) is 0 Å². The van der Waals surface area contributed by atoms with Gasteiger partial charge < -0.3 is 10.1 Å². The third kappa shape index (κ3) is 2.95. The molecule has 1 aliphatic heterocycles. The standard InChI is InChI=1S/C13H20N2O/c1-9-5-4-6-13(14-9)15-12-7-10(2)16-11(3)8-12/h4-6,10-12H,7-8H2,1-3H3,(H,14,15). The van der Waals surface area contributed by atoms with Crippen LogP contribution in [0.1, 0.15) is 32.4 Å². The van der Waals surface area contributed by atoms with Crippen molar-refractivity contribution in [2.45, 2.75) is 51.9 Å². The van der Waals surface area contributed by atoms with Crippen LogP contribution in [0.15, 0.2) is 18.2 Å². The van der Waals surface area contributed by atoms with E-state index in [-0.39, 0.29) is 0 Å². The van der Waals surface area contributed by atoms with E-state index in [0.717, 1.165) is 24.4 Å². The van der Waals surface area contributed by atoms with E-state index in [4.69, 9.17) is 4.74 Å². The number of aryl methyl sites for hydroxylation is 1. The zero-order chi connectivity index (χ0) is 11.5. The molecule has 2 rings (SSSR count). The molecular formula is C13H20N2O. The summed E-state index contributed by atoms with van der Waals surface area (Å²) in [6, 6.07) is 6.56. The summed E-state index contributed by atoms with van der Waals surface area (Å²) < 4.78 is 5.72. The SMILES string of the molecule is Cc1cccc(NC2CC(C)OC(C)C2)n1. The number of anilines is 1. The van der Waals surface area contributed by atoms with Crippen LogP contribution in [0.4, 0.5) is 5.82 Å². The van der Waals surface area contributed by atoms with Crippen molar-refractivity contribution in [3.63, 3.8) is 0 Å². The Morgan fingerprint density at radius 3 is 2.56 bits per heavy atom. The molecule has 2 atom stereocenters. The van der Waals surface area contributed by atoms with Crippen molar-refractivity contribution in [1.82, 2.24) is 4.98 Å². The van der Waals surface area contributed by atoms with Gasteiger partial charge in [0.15, 0.2) is 0 Å². The third-order valence-corrected chi connectivity index (χ3v) is 2.94. The Kier molecular flexibility index (Phi) is 3.44. The summed E-state index contributed by atoms with van der Waals surface area (Å²) in [5.74, 6) is 0.978. The van der Waals surface area contributed by atoms with E-state index in [9.17, 15) is 0 Å². The Hall–Kier alpha value is -1.09. The molecule has 3 heteroatoms. The summed E-state index contributed by atoms with van der Waals surface area (Å²) in [6.45, 7) is 6.28. The fourth-order valence-electron chi connectivity index (χ4n) is 2.36. The first kappa shape index (κ1) is 11.4. The molecule has 0 bridgehead atoms. The zero-order valence-corrected chi connectivity index (χ0v) is 10.2. The highest BCUT2D eigenvalue weighted by atomic mass is 16.5. The summed E-state index contributed by atoms with van der Waals surface area (Å²) in [5, 5.41) is 3.49. The third-order valence-electron chi connectivity index (χ3n) is 2.94. The minimum absolute atomic E-state index is 0.339. The lowest BCUT2D eigenvalue weighted by Gasteiger charge is -2.32. The molecule has 1 aromatic rings.